The first-order valence-electron chi connectivity index (χ1n) is 10.6. The highest BCUT2D eigenvalue weighted by Gasteiger charge is 2.28. The number of unbranched alkanes of at least 4 members (excludes halogenated alkanes) is 1. The lowest BCUT2D eigenvalue weighted by molar-refractivity contribution is 0.0373. The molecule has 0 aromatic carbocycles. The van der Waals surface area contributed by atoms with E-state index in [1.807, 2.05) is 12.5 Å². The van der Waals surface area contributed by atoms with Gasteiger partial charge in [0.1, 0.15) is 0 Å². The number of nitrogens with zero attached hydrogens (tertiary/aromatic N) is 5. The van der Waals surface area contributed by atoms with E-state index in [2.05, 4.69) is 44.7 Å². The molecule has 0 aliphatic carbocycles. The number of piperidine rings is 1. The lowest BCUT2D eigenvalue weighted by Crippen LogP contribution is -2.49. The van der Waals surface area contributed by atoms with Crippen molar-refractivity contribution in [2.45, 2.75) is 39.2 Å². The second kappa shape index (κ2) is 12.6. The van der Waals surface area contributed by atoms with Gasteiger partial charge in [-0.3, -0.25) is 9.89 Å². The summed E-state index contributed by atoms with van der Waals surface area (Å²) in [6, 6.07) is 0.464. The molecule has 2 fully saturated rings. The zero-order valence-electron chi connectivity index (χ0n) is 17.4. The third-order valence-corrected chi connectivity index (χ3v) is 5.71. The predicted molar refractivity (Wildman–Crippen MR) is 125 cm³/mol. The van der Waals surface area contributed by atoms with Gasteiger partial charge in [-0.2, -0.15) is 0 Å². The number of imidazole rings is 1. The van der Waals surface area contributed by atoms with Crippen LogP contribution in [0.1, 0.15) is 39.2 Å². The largest absolute Gasteiger partial charge is 0.379 e. The highest BCUT2D eigenvalue weighted by molar-refractivity contribution is 14.0. The lowest BCUT2D eigenvalue weighted by atomic mass is 9.93. The minimum Gasteiger partial charge on any atom is -0.379 e. The number of halogens is 1. The number of guanidine groups is 1. The van der Waals surface area contributed by atoms with Crippen molar-refractivity contribution in [2.24, 2.45) is 10.9 Å². The molecular formula is C20H37IN6O. The Morgan fingerprint density at radius 3 is 2.79 bits per heavy atom. The Labute approximate surface area is 186 Å². The minimum absolute atomic E-state index is 0. The molecule has 3 rings (SSSR count). The number of nitrogens with one attached hydrogen (secondary N) is 1. The van der Waals surface area contributed by atoms with Gasteiger partial charge in [0.25, 0.3) is 0 Å². The van der Waals surface area contributed by atoms with Crippen LogP contribution in [0.4, 0.5) is 0 Å². The summed E-state index contributed by atoms with van der Waals surface area (Å²) >= 11 is 0. The predicted octanol–water partition coefficient (Wildman–Crippen LogP) is 2.46. The van der Waals surface area contributed by atoms with Crippen molar-refractivity contribution < 1.29 is 4.74 Å². The summed E-state index contributed by atoms with van der Waals surface area (Å²) in [5, 5.41) is 3.50. The fraction of sp³-hybridized carbons (Fsp3) is 0.800. The Morgan fingerprint density at radius 2 is 2.07 bits per heavy atom. The van der Waals surface area contributed by atoms with Crippen LogP contribution >= 0.6 is 24.0 Å². The molecule has 2 aliphatic rings. The molecule has 2 aliphatic heterocycles. The molecule has 160 valence electrons. The second-order valence-corrected chi connectivity index (χ2v) is 7.69. The second-order valence-electron chi connectivity index (χ2n) is 7.69. The highest BCUT2D eigenvalue weighted by Crippen LogP contribution is 2.27. The van der Waals surface area contributed by atoms with Gasteiger partial charge >= 0.3 is 0 Å². The molecule has 2 unspecified atom stereocenters. The summed E-state index contributed by atoms with van der Waals surface area (Å²) in [6.07, 6.45) is 9.43. The Balaban J connectivity index is 0.00000280. The Morgan fingerprint density at radius 1 is 1.25 bits per heavy atom. The molecule has 0 amide bonds. The third-order valence-electron chi connectivity index (χ3n) is 5.71. The Bertz CT molecular complexity index is 561. The van der Waals surface area contributed by atoms with E-state index >= 15 is 0 Å². The van der Waals surface area contributed by atoms with Crippen LogP contribution in [0.15, 0.2) is 23.7 Å². The molecule has 0 radical (unpaired) electrons. The van der Waals surface area contributed by atoms with Gasteiger partial charge in [0.15, 0.2) is 5.96 Å². The molecule has 8 heteroatoms. The number of morpholine rings is 1. The monoisotopic (exact) mass is 504 g/mol. The number of hydrogen-bond acceptors (Lipinski definition) is 4. The number of rotatable bonds is 7. The first kappa shape index (κ1) is 23.4. The van der Waals surface area contributed by atoms with E-state index in [0.29, 0.717) is 12.0 Å². The first-order valence-corrected chi connectivity index (χ1v) is 10.6. The summed E-state index contributed by atoms with van der Waals surface area (Å²) in [4.78, 5) is 14.1. The maximum absolute atomic E-state index is 5.41. The first-order chi connectivity index (χ1) is 13.3. The van der Waals surface area contributed by atoms with E-state index in [1.54, 1.807) is 0 Å². The van der Waals surface area contributed by atoms with Crippen LogP contribution in [0.5, 0.6) is 0 Å². The molecule has 0 bridgehead atoms. The maximum atomic E-state index is 5.41. The molecule has 3 heterocycles. The standard InChI is InChI=1S/C20H36N6O.HI/c1-3-22-20(23-7-4-5-9-24-12-14-27-15-13-24)25-10-6-18(2)19(16-25)26-11-8-21-17-26;/h8,11,17-19H,3-7,9-10,12-16H2,1-2H3,(H,22,23);1H. The van der Waals surface area contributed by atoms with Gasteiger partial charge in [-0.15, -0.1) is 24.0 Å². The summed E-state index contributed by atoms with van der Waals surface area (Å²) in [7, 11) is 0. The van der Waals surface area contributed by atoms with Gasteiger partial charge in [0.2, 0.25) is 0 Å². The SMILES string of the molecule is CCNC(=NCCCCN1CCOCC1)N1CCC(C)C(n2ccnc2)C1.I. The van der Waals surface area contributed by atoms with Crippen LogP contribution in [-0.4, -0.2) is 84.3 Å². The maximum Gasteiger partial charge on any atom is 0.193 e. The fourth-order valence-corrected chi connectivity index (χ4v) is 3.98. The fourth-order valence-electron chi connectivity index (χ4n) is 3.98. The highest BCUT2D eigenvalue weighted by atomic mass is 127. The average molecular weight is 504 g/mol. The number of aromatic nitrogens is 2. The molecule has 2 saturated heterocycles. The summed E-state index contributed by atoms with van der Waals surface area (Å²) in [5.74, 6) is 1.73. The van der Waals surface area contributed by atoms with Crippen LogP contribution in [0.3, 0.4) is 0 Å². The van der Waals surface area contributed by atoms with Gasteiger partial charge in [-0.25, -0.2) is 4.98 Å². The summed E-state index contributed by atoms with van der Waals surface area (Å²) in [6.45, 7) is 13.5. The quantitative estimate of drug-likeness (QED) is 0.268. The molecule has 1 aromatic rings. The van der Waals surface area contributed by atoms with Crippen molar-refractivity contribution in [1.29, 1.82) is 0 Å². The number of likely N-dealkylation sites (tertiary alicyclic amines) is 1. The van der Waals surface area contributed by atoms with Crippen molar-refractivity contribution in [3.63, 3.8) is 0 Å². The third kappa shape index (κ3) is 6.88. The van der Waals surface area contributed by atoms with E-state index in [1.165, 1.54) is 19.4 Å². The zero-order valence-corrected chi connectivity index (χ0v) is 19.8. The van der Waals surface area contributed by atoms with Crippen LogP contribution in [0.25, 0.3) is 0 Å². The molecule has 28 heavy (non-hydrogen) atoms. The average Bonchev–Trinajstić information content (AvgIpc) is 3.23. The van der Waals surface area contributed by atoms with Crippen LogP contribution < -0.4 is 5.32 Å². The van der Waals surface area contributed by atoms with E-state index in [9.17, 15) is 0 Å². The summed E-state index contributed by atoms with van der Waals surface area (Å²) < 4.78 is 7.67. The van der Waals surface area contributed by atoms with E-state index in [4.69, 9.17) is 9.73 Å². The van der Waals surface area contributed by atoms with E-state index in [0.717, 1.165) is 64.9 Å². The van der Waals surface area contributed by atoms with Crippen LogP contribution in [0, 0.1) is 5.92 Å². The topological polar surface area (TPSA) is 57.9 Å². The van der Waals surface area contributed by atoms with Crippen molar-refractivity contribution in [1.82, 2.24) is 24.7 Å². The van der Waals surface area contributed by atoms with Gasteiger partial charge in [0, 0.05) is 51.7 Å². The van der Waals surface area contributed by atoms with Crippen molar-refractivity contribution in [2.75, 3.05) is 59.0 Å². The van der Waals surface area contributed by atoms with Gasteiger partial charge in [0.05, 0.1) is 25.6 Å². The van der Waals surface area contributed by atoms with Gasteiger partial charge < -0.3 is 19.5 Å². The molecule has 7 nitrogen and oxygen atoms in total. The van der Waals surface area contributed by atoms with Crippen LogP contribution in [0.2, 0.25) is 0 Å². The van der Waals surface area contributed by atoms with Gasteiger partial charge in [-0.1, -0.05) is 6.92 Å². The van der Waals surface area contributed by atoms with Crippen molar-refractivity contribution in [3.05, 3.63) is 18.7 Å². The smallest absolute Gasteiger partial charge is 0.193 e. The summed E-state index contributed by atoms with van der Waals surface area (Å²) in [5.41, 5.74) is 0. The number of ether oxygens (including phenoxy) is 1. The molecule has 0 saturated carbocycles. The number of hydrogen-bond donors (Lipinski definition) is 1. The minimum atomic E-state index is 0. The molecule has 1 aromatic heterocycles. The molecular weight excluding hydrogens is 467 g/mol. The lowest BCUT2D eigenvalue weighted by Gasteiger charge is -2.39. The van der Waals surface area contributed by atoms with E-state index in [-0.39, 0.29) is 24.0 Å². The number of aliphatic imine (C=N–C) groups is 1. The van der Waals surface area contributed by atoms with Crippen LogP contribution in [-0.2, 0) is 4.74 Å². The normalized spacial score (nSPS) is 24.1. The Hall–Kier alpha value is -0.870. The van der Waals surface area contributed by atoms with E-state index < -0.39 is 0 Å². The van der Waals surface area contributed by atoms with Crippen molar-refractivity contribution >= 4 is 29.9 Å². The zero-order chi connectivity index (χ0) is 18.9. The molecule has 1 N–H and O–H groups in total. The molecule has 0 spiro atoms. The van der Waals surface area contributed by atoms with Crippen molar-refractivity contribution in [3.8, 4) is 0 Å². The molecule has 2 atom stereocenters. The Kier molecular flexibility index (Phi) is 10.6. The van der Waals surface area contributed by atoms with Gasteiger partial charge in [-0.05, 0) is 38.6 Å².